The summed E-state index contributed by atoms with van der Waals surface area (Å²) < 4.78 is 39.4. The molecule has 0 radical (unpaired) electrons. The predicted octanol–water partition coefficient (Wildman–Crippen LogP) is 1.46. The van der Waals surface area contributed by atoms with Crippen molar-refractivity contribution in [3.05, 3.63) is 94.4 Å². The number of rotatable bonds is 11. The Labute approximate surface area is 218 Å². The quantitative estimate of drug-likeness (QED) is 0.122. The maximum atomic E-state index is 13.4. The highest BCUT2D eigenvalue weighted by Gasteiger charge is 2.47. The first-order chi connectivity index (χ1) is 18.0. The molecule has 1 heterocycles. The lowest BCUT2D eigenvalue weighted by molar-refractivity contribution is -0.264. The van der Waals surface area contributed by atoms with Crippen LogP contribution in [-0.2, 0) is 41.5 Å². The molecule has 1 aromatic heterocycles. The van der Waals surface area contributed by atoms with Gasteiger partial charge in [0.15, 0.2) is 0 Å². The lowest BCUT2D eigenvalue weighted by atomic mass is 10.1. The first kappa shape index (κ1) is 28.1. The third kappa shape index (κ3) is 6.25. The highest BCUT2D eigenvalue weighted by molar-refractivity contribution is 7.92. The van der Waals surface area contributed by atoms with Crippen molar-refractivity contribution in [2.75, 3.05) is 11.3 Å². The lowest BCUT2D eigenvalue weighted by Crippen LogP contribution is -2.56. The molecular weight excluding hydrogens is 514 g/mol. The number of nitrogens with two attached hydrogens (primary N) is 1. The summed E-state index contributed by atoms with van der Waals surface area (Å²) in [5, 5.41) is 10.0. The zero-order valence-electron chi connectivity index (χ0n) is 20.6. The number of nitrogens with one attached hydrogen (secondary N) is 3. The molecule has 12 nitrogen and oxygen atoms in total. The Hall–Kier alpha value is -4.49. The van der Waals surface area contributed by atoms with E-state index in [0.29, 0.717) is 15.7 Å². The average molecular weight is 542 g/mol. The zero-order chi connectivity index (χ0) is 27.9. The van der Waals surface area contributed by atoms with Gasteiger partial charge in [0.1, 0.15) is 11.5 Å². The highest BCUT2D eigenvalue weighted by atomic mass is 32.2. The van der Waals surface area contributed by atoms with Crippen molar-refractivity contribution in [3.63, 3.8) is 0 Å². The van der Waals surface area contributed by atoms with Crippen molar-refractivity contribution in [2.24, 2.45) is 5.73 Å². The third-order valence-electron chi connectivity index (χ3n) is 5.19. The molecule has 0 bridgehead atoms. The van der Waals surface area contributed by atoms with Crippen LogP contribution in [0.2, 0.25) is 0 Å². The minimum Gasteiger partial charge on any atom is -0.405 e. The number of hydrogen-bond acceptors (Lipinski definition) is 8. The molecule has 0 saturated carbocycles. The van der Waals surface area contributed by atoms with E-state index in [1.165, 1.54) is 43.3 Å². The summed E-state index contributed by atoms with van der Waals surface area (Å²) in [6.07, 6.45) is 1.14. The summed E-state index contributed by atoms with van der Waals surface area (Å²) in [5.41, 5.74) is 5.17. The van der Waals surface area contributed by atoms with Crippen LogP contribution in [-0.4, -0.2) is 37.3 Å². The van der Waals surface area contributed by atoms with Gasteiger partial charge in [-0.25, -0.2) is 13.0 Å². The molecule has 3 aromatic rings. The molecule has 3 rings (SSSR count). The number of benzene rings is 2. The smallest absolute Gasteiger partial charge is 0.387 e. The molecule has 0 saturated heterocycles. The van der Waals surface area contributed by atoms with Crippen LogP contribution in [0, 0.1) is 5.41 Å². The van der Waals surface area contributed by atoms with Crippen LogP contribution < -0.4 is 21.3 Å². The van der Waals surface area contributed by atoms with Crippen molar-refractivity contribution in [1.82, 2.24) is 9.88 Å². The molecular formula is C25H27N5O7S. The topological polar surface area (TPSA) is 183 Å². The average Bonchev–Trinajstić information content (AvgIpc) is 2.88. The molecule has 13 heteroatoms. The fourth-order valence-corrected chi connectivity index (χ4v) is 4.54. The second kappa shape index (κ2) is 11.7. The molecule has 1 unspecified atom stereocenters. The Bertz CT molecular complexity index is 1490. The second-order valence-corrected chi connectivity index (χ2v) is 9.60. The number of esters is 1. The number of anilines is 1. The van der Waals surface area contributed by atoms with E-state index in [-0.39, 0.29) is 23.9 Å². The van der Waals surface area contributed by atoms with Gasteiger partial charge in [0.05, 0.1) is 11.5 Å². The summed E-state index contributed by atoms with van der Waals surface area (Å²) >= 11 is 0. The number of amidine groups is 1. The van der Waals surface area contributed by atoms with E-state index in [1.54, 1.807) is 30.3 Å². The first-order valence-corrected chi connectivity index (χ1v) is 12.8. The van der Waals surface area contributed by atoms with Crippen molar-refractivity contribution in [3.8, 4) is 0 Å². The van der Waals surface area contributed by atoms with Crippen LogP contribution in [0.3, 0.4) is 0 Å². The fraction of sp³-hybridized carbons (Fsp3) is 0.200. The van der Waals surface area contributed by atoms with Gasteiger partial charge >= 0.3 is 17.8 Å². The molecule has 200 valence electrons. The number of sulfonamides is 1. The Morgan fingerprint density at radius 1 is 1.05 bits per heavy atom. The van der Waals surface area contributed by atoms with E-state index in [9.17, 15) is 22.8 Å². The summed E-state index contributed by atoms with van der Waals surface area (Å²) in [6.45, 7) is 2.36. The number of pyridine rings is 1. The van der Waals surface area contributed by atoms with Crippen LogP contribution in [0.25, 0.3) is 0 Å². The Morgan fingerprint density at radius 3 is 2.29 bits per heavy atom. The zero-order valence-corrected chi connectivity index (χ0v) is 21.4. The highest BCUT2D eigenvalue weighted by Crippen LogP contribution is 2.22. The maximum Gasteiger partial charge on any atom is 0.387 e. The van der Waals surface area contributed by atoms with E-state index in [0.717, 1.165) is 13.1 Å². The molecule has 1 amide bonds. The van der Waals surface area contributed by atoms with Crippen LogP contribution in [0.4, 0.5) is 5.69 Å². The van der Waals surface area contributed by atoms with Gasteiger partial charge in [0.25, 0.3) is 15.6 Å². The summed E-state index contributed by atoms with van der Waals surface area (Å²) in [4.78, 5) is 38.8. The number of ether oxygens (including phenoxy) is 2. The van der Waals surface area contributed by atoms with Crippen molar-refractivity contribution < 1.29 is 27.5 Å². The van der Waals surface area contributed by atoms with Crippen LogP contribution in [0.1, 0.15) is 25.0 Å². The largest absolute Gasteiger partial charge is 0.405 e. The van der Waals surface area contributed by atoms with Gasteiger partial charge < -0.3 is 20.5 Å². The fourth-order valence-electron chi connectivity index (χ4n) is 3.46. The van der Waals surface area contributed by atoms with Gasteiger partial charge in [0, 0.05) is 25.2 Å². The number of nitrogen functional groups attached to an aromatic ring is 1. The van der Waals surface area contributed by atoms with E-state index in [1.807, 2.05) is 0 Å². The SMILES string of the molecule is CCOC(OC(C)=O)(C(=O)NCc1ccc(C(=N)N)cc1)n1cccc(NS(=O)(=O)c2ccccc2)c1=O. The molecule has 5 N–H and O–H groups in total. The van der Waals surface area contributed by atoms with E-state index in [2.05, 4.69) is 10.0 Å². The molecule has 0 aliphatic heterocycles. The monoisotopic (exact) mass is 541 g/mol. The van der Waals surface area contributed by atoms with E-state index >= 15 is 0 Å². The number of nitrogens with zero attached hydrogens (tertiary/aromatic N) is 1. The van der Waals surface area contributed by atoms with Gasteiger partial charge in [-0.1, -0.05) is 42.5 Å². The van der Waals surface area contributed by atoms with Crippen molar-refractivity contribution in [1.29, 1.82) is 5.41 Å². The molecule has 0 spiro atoms. The normalized spacial score (nSPS) is 12.7. The molecule has 38 heavy (non-hydrogen) atoms. The van der Waals surface area contributed by atoms with Gasteiger partial charge in [-0.2, -0.15) is 0 Å². The molecule has 0 aliphatic rings. The maximum absolute atomic E-state index is 13.4. The number of carbonyl (C=O) groups excluding carboxylic acids is 2. The Balaban J connectivity index is 2.00. The molecule has 0 aliphatic carbocycles. The third-order valence-corrected chi connectivity index (χ3v) is 6.57. The summed E-state index contributed by atoms with van der Waals surface area (Å²) in [5.74, 6) is -4.62. The summed E-state index contributed by atoms with van der Waals surface area (Å²) in [6, 6.07) is 16.4. The first-order valence-electron chi connectivity index (χ1n) is 11.4. The predicted molar refractivity (Wildman–Crippen MR) is 139 cm³/mol. The van der Waals surface area contributed by atoms with Crippen LogP contribution in [0.5, 0.6) is 0 Å². The van der Waals surface area contributed by atoms with Gasteiger partial charge in [0.2, 0.25) is 0 Å². The minimum atomic E-state index is -4.15. The van der Waals surface area contributed by atoms with Crippen molar-refractivity contribution >= 4 is 33.4 Å². The molecule has 0 fully saturated rings. The van der Waals surface area contributed by atoms with E-state index < -0.39 is 39.1 Å². The second-order valence-electron chi connectivity index (χ2n) is 7.92. The lowest BCUT2D eigenvalue weighted by Gasteiger charge is -2.32. The Morgan fingerprint density at radius 2 is 1.71 bits per heavy atom. The number of amides is 1. The van der Waals surface area contributed by atoms with Crippen LogP contribution in [0.15, 0.2) is 82.6 Å². The number of carbonyl (C=O) groups is 2. The van der Waals surface area contributed by atoms with Crippen LogP contribution >= 0.6 is 0 Å². The van der Waals surface area contributed by atoms with E-state index in [4.69, 9.17) is 20.6 Å². The van der Waals surface area contributed by atoms with Crippen molar-refractivity contribution in [2.45, 2.75) is 31.2 Å². The number of hydrogen-bond donors (Lipinski definition) is 4. The van der Waals surface area contributed by atoms with Gasteiger partial charge in [-0.05, 0) is 36.8 Å². The standard InChI is InChI=1S/C25H27N5O7S/c1-3-36-25(37-17(2)31,24(33)28-16-18-11-13-19(14-12-18)22(26)27)30-15-7-10-21(23(30)32)29-38(34,35)20-8-5-4-6-9-20/h4-15,29H,3,16H2,1-2H3,(H3,26,27)(H,28,33). The molecule has 2 aromatic carbocycles. The minimum absolute atomic E-state index is 0.0534. The summed E-state index contributed by atoms with van der Waals surface area (Å²) in [7, 11) is -4.15. The number of aromatic nitrogens is 1. The Kier molecular flexibility index (Phi) is 8.65. The van der Waals surface area contributed by atoms with Gasteiger partial charge in [-0.3, -0.25) is 24.5 Å². The van der Waals surface area contributed by atoms with Gasteiger partial charge in [-0.15, -0.1) is 0 Å². The molecule has 1 atom stereocenters.